The van der Waals surface area contributed by atoms with E-state index in [0.29, 0.717) is 31.2 Å². The number of amides is 1. The minimum atomic E-state index is -3.53. The quantitative estimate of drug-likeness (QED) is 0.687. The minimum absolute atomic E-state index is 0.186. The molecule has 2 heterocycles. The van der Waals surface area contributed by atoms with Crippen LogP contribution in [-0.4, -0.2) is 54.0 Å². The Bertz CT molecular complexity index is 753. The molecule has 3 rings (SSSR count). The van der Waals surface area contributed by atoms with Crippen LogP contribution in [0.3, 0.4) is 0 Å². The minimum Gasteiger partial charge on any atom is -0.393 e. The highest BCUT2D eigenvalue weighted by atomic mass is 32.2. The Hall–Kier alpha value is -1.38. The van der Waals surface area contributed by atoms with Crippen LogP contribution in [0.2, 0.25) is 0 Å². The molecule has 2 N–H and O–H groups in total. The molecule has 7 nitrogen and oxygen atoms in total. The molecule has 1 aromatic rings. The molecular formula is C19H31N3O4S. The van der Waals surface area contributed by atoms with Crippen molar-refractivity contribution in [3.63, 3.8) is 0 Å². The Morgan fingerprint density at radius 3 is 2.63 bits per heavy atom. The number of hydrogen-bond acceptors (Lipinski definition) is 4. The number of sulfonamides is 1. The van der Waals surface area contributed by atoms with Crippen LogP contribution in [0, 0.1) is 5.92 Å². The van der Waals surface area contributed by atoms with Crippen molar-refractivity contribution in [2.24, 2.45) is 13.0 Å². The first-order chi connectivity index (χ1) is 12.9. The number of aliphatic hydroxyl groups excluding tert-OH is 1. The van der Waals surface area contributed by atoms with E-state index in [1.54, 1.807) is 11.6 Å². The Morgan fingerprint density at radius 1 is 1.22 bits per heavy atom. The van der Waals surface area contributed by atoms with E-state index < -0.39 is 10.0 Å². The van der Waals surface area contributed by atoms with Crippen molar-refractivity contribution in [3.05, 3.63) is 18.0 Å². The van der Waals surface area contributed by atoms with Gasteiger partial charge in [0.2, 0.25) is 10.0 Å². The molecule has 1 saturated carbocycles. The molecule has 1 amide bonds. The monoisotopic (exact) mass is 397 g/mol. The second kappa shape index (κ2) is 8.75. The van der Waals surface area contributed by atoms with Crippen molar-refractivity contribution in [2.75, 3.05) is 19.6 Å². The van der Waals surface area contributed by atoms with Crippen LogP contribution in [0.15, 0.2) is 17.2 Å². The van der Waals surface area contributed by atoms with E-state index in [9.17, 15) is 18.3 Å². The largest absolute Gasteiger partial charge is 0.393 e. The molecule has 1 saturated heterocycles. The summed E-state index contributed by atoms with van der Waals surface area (Å²) in [7, 11) is -1.84. The van der Waals surface area contributed by atoms with Crippen LogP contribution in [0.5, 0.6) is 0 Å². The lowest BCUT2D eigenvalue weighted by atomic mass is 10.00. The van der Waals surface area contributed by atoms with Crippen molar-refractivity contribution in [1.82, 2.24) is 14.2 Å². The highest BCUT2D eigenvalue weighted by Gasteiger charge is 2.28. The zero-order valence-electron chi connectivity index (χ0n) is 16.1. The van der Waals surface area contributed by atoms with Crippen LogP contribution in [0.1, 0.15) is 61.9 Å². The highest BCUT2D eigenvalue weighted by Crippen LogP contribution is 2.29. The number of aryl methyl sites for hydroxylation is 1. The molecule has 2 unspecified atom stereocenters. The maximum Gasteiger partial charge on any atom is 0.267 e. The molecule has 2 atom stereocenters. The summed E-state index contributed by atoms with van der Waals surface area (Å²) < 4.78 is 28.6. The van der Waals surface area contributed by atoms with E-state index in [1.807, 2.05) is 0 Å². The Morgan fingerprint density at radius 2 is 1.96 bits per heavy atom. The van der Waals surface area contributed by atoms with Gasteiger partial charge in [0.15, 0.2) is 0 Å². The van der Waals surface area contributed by atoms with E-state index in [1.165, 1.54) is 16.6 Å². The molecule has 1 aliphatic heterocycles. The molecule has 2 aliphatic rings. The summed E-state index contributed by atoms with van der Waals surface area (Å²) in [6.07, 6.45) is 8.90. The van der Waals surface area contributed by atoms with Gasteiger partial charge in [-0.2, -0.15) is 4.31 Å². The number of carbonyl (C=O) groups is 1. The third-order valence-electron chi connectivity index (χ3n) is 5.82. The Balaban J connectivity index is 1.56. The first-order valence-electron chi connectivity index (χ1n) is 10.0. The normalized spacial score (nSPS) is 24.2. The number of carbonyl (C=O) groups excluding carboxylic acids is 1. The van der Waals surface area contributed by atoms with Gasteiger partial charge < -0.3 is 15.0 Å². The summed E-state index contributed by atoms with van der Waals surface area (Å²) in [5.41, 5.74) is 0.353. The predicted molar refractivity (Wildman–Crippen MR) is 103 cm³/mol. The zero-order chi connectivity index (χ0) is 19.4. The van der Waals surface area contributed by atoms with E-state index in [0.717, 1.165) is 51.4 Å². The van der Waals surface area contributed by atoms with Crippen molar-refractivity contribution in [3.8, 4) is 0 Å². The molecular weight excluding hydrogens is 366 g/mol. The average molecular weight is 398 g/mol. The van der Waals surface area contributed by atoms with Crippen LogP contribution >= 0.6 is 0 Å². The van der Waals surface area contributed by atoms with Gasteiger partial charge in [-0.1, -0.05) is 12.8 Å². The SMILES string of the molecule is Cn1cc(S(=O)(=O)N2CCCCC2)cc1C(=O)NCCCC1CCCC1O. The van der Waals surface area contributed by atoms with E-state index >= 15 is 0 Å². The third kappa shape index (κ3) is 4.73. The maximum atomic E-state index is 12.8. The second-order valence-electron chi connectivity index (χ2n) is 7.79. The molecule has 8 heteroatoms. The van der Waals surface area contributed by atoms with Gasteiger partial charge in [-0.25, -0.2) is 8.42 Å². The van der Waals surface area contributed by atoms with Crippen LogP contribution in [0.4, 0.5) is 0 Å². The van der Waals surface area contributed by atoms with Crippen molar-refractivity contribution >= 4 is 15.9 Å². The van der Waals surface area contributed by atoms with Crippen molar-refractivity contribution < 1.29 is 18.3 Å². The molecule has 152 valence electrons. The number of hydrogen-bond donors (Lipinski definition) is 2. The number of piperidine rings is 1. The second-order valence-corrected chi connectivity index (χ2v) is 9.73. The fourth-order valence-electron chi connectivity index (χ4n) is 4.17. The summed E-state index contributed by atoms with van der Waals surface area (Å²) in [5, 5.41) is 12.7. The summed E-state index contributed by atoms with van der Waals surface area (Å²) >= 11 is 0. The van der Waals surface area contributed by atoms with Crippen molar-refractivity contribution in [1.29, 1.82) is 0 Å². The third-order valence-corrected chi connectivity index (χ3v) is 7.69. The molecule has 27 heavy (non-hydrogen) atoms. The topological polar surface area (TPSA) is 91.6 Å². The fourth-order valence-corrected chi connectivity index (χ4v) is 5.76. The van der Waals surface area contributed by atoms with E-state index in [2.05, 4.69) is 5.32 Å². The number of nitrogens with zero attached hydrogens (tertiary/aromatic N) is 2. The molecule has 1 aromatic heterocycles. The fraction of sp³-hybridized carbons (Fsp3) is 0.737. The Kier molecular flexibility index (Phi) is 6.60. The maximum absolute atomic E-state index is 12.8. The predicted octanol–water partition coefficient (Wildman–Crippen LogP) is 1.87. The lowest BCUT2D eigenvalue weighted by molar-refractivity contribution is 0.0941. The van der Waals surface area contributed by atoms with Crippen LogP contribution in [0.25, 0.3) is 0 Å². The van der Waals surface area contributed by atoms with Gasteiger partial charge in [0.1, 0.15) is 10.6 Å². The number of aromatic nitrogens is 1. The van der Waals surface area contributed by atoms with Crippen LogP contribution < -0.4 is 5.32 Å². The number of aliphatic hydroxyl groups is 1. The van der Waals surface area contributed by atoms with Gasteiger partial charge in [0.05, 0.1) is 6.10 Å². The van der Waals surface area contributed by atoms with Gasteiger partial charge in [-0.3, -0.25) is 4.79 Å². The number of nitrogens with one attached hydrogen (secondary N) is 1. The van der Waals surface area contributed by atoms with Gasteiger partial charge in [-0.05, 0) is 50.5 Å². The molecule has 0 radical (unpaired) electrons. The van der Waals surface area contributed by atoms with Gasteiger partial charge in [0, 0.05) is 32.9 Å². The van der Waals surface area contributed by atoms with Gasteiger partial charge in [-0.15, -0.1) is 0 Å². The lowest BCUT2D eigenvalue weighted by Gasteiger charge is -2.25. The first-order valence-corrected chi connectivity index (χ1v) is 11.5. The summed E-state index contributed by atoms with van der Waals surface area (Å²) in [6, 6.07) is 1.47. The van der Waals surface area contributed by atoms with E-state index in [-0.39, 0.29) is 16.9 Å². The summed E-state index contributed by atoms with van der Waals surface area (Å²) in [6.45, 7) is 1.62. The Labute approximate surface area is 161 Å². The smallest absolute Gasteiger partial charge is 0.267 e. The van der Waals surface area contributed by atoms with Gasteiger partial charge >= 0.3 is 0 Å². The molecule has 0 aromatic carbocycles. The van der Waals surface area contributed by atoms with Gasteiger partial charge in [0.25, 0.3) is 5.91 Å². The first kappa shape index (κ1) is 20.4. The summed E-state index contributed by atoms with van der Waals surface area (Å²) in [4.78, 5) is 12.6. The number of rotatable bonds is 7. The standard InChI is InChI=1S/C19H31N3O4S/c1-21-14-16(27(25,26)22-11-3-2-4-12-22)13-17(21)19(24)20-10-6-8-15-7-5-9-18(15)23/h13-15,18,23H,2-12H2,1H3,(H,20,24). The molecule has 2 fully saturated rings. The average Bonchev–Trinajstić information content (AvgIpc) is 3.25. The summed E-state index contributed by atoms with van der Waals surface area (Å²) in [5.74, 6) is 0.0859. The molecule has 0 spiro atoms. The molecule has 0 bridgehead atoms. The highest BCUT2D eigenvalue weighted by molar-refractivity contribution is 7.89. The lowest BCUT2D eigenvalue weighted by Crippen LogP contribution is -2.35. The zero-order valence-corrected chi connectivity index (χ0v) is 16.9. The van der Waals surface area contributed by atoms with Crippen LogP contribution in [-0.2, 0) is 17.1 Å². The van der Waals surface area contributed by atoms with Crippen molar-refractivity contribution in [2.45, 2.75) is 62.4 Å². The molecule has 1 aliphatic carbocycles. The van der Waals surface area contributed by atoms with E-state index in [4.69, 9.17) is 0 Å².